The molecule has 644 valence electrons. The molecule has 1 aromatic heterocycles. The minimum atomic E-state index is -0.451. The average molecular weight is 1570 g/mol. The van der Waals surface area contributed by atoms with Crippen LogP contribution in [-0.4, -0.2) is 20.9 Å². The first-order chi connectivity index (χ1) is 53.5. The summed E-state index contributed by atoms with van der Waals surface area (Å²) in [5.74, 6) is 1.08. The topological polar surface area (TPSA) is 65.0 Å². The molecule has 2 heterocycles. The molecule has 0 saturated carbocycles. The lowest BCUT2D eigenvalue weighted by Crippen LogP contribution is -2.22. The quantitative estimate of drug-likeness (QED) is 0.161. The predicted molar refractivity (Wildman–Crippen MR) is 528 cm³/mol. The lowest BCUT2D eigenvalue weighted by molar-refractivity contribution is 0.00952. The van der Waals surface area contributed by atoms with Crippen LogP contribution >= 0.6 is 0 Å². The summed E-state index contributed by atoms with van der Waals surface area (Å²) in [6, 6.07) is 73.3. The van der Waals surface area contributed by atoms with Crippen molar-refractivity contribution in [3.8, 4) is 44.5 Å². The smallest absolute Gasteiger partial charge is 0.339 e. The maximum atomic E-state index is 11.3. The van der Waals surface area contributed by atoms with E-state index in [9.17, 15) is 4.79 Å². The predicted octanol–water partition coefficient (Wildman–Crippen LogP) is 36.5. The van der Waals surface area contributed by atoms with E-state index in [1.165, 1.54) is 126 Å². The second kappa shape index (κ2) is 65.6. The highest BCUT2D eigenvalue weighted by molar-refractivity contribution is 6.04. The Kier molecular flexibility index (Phi) is 69.7. The molecule has 0 spiro atoms. The normalized spacial score (nSPS) is 12.2. The number of cyclic esters (lactones) is 1. The molecule has 0 saturated heterocycles. The van der Waals surface area contributed by atoms with Crippen LogP contribution < -0.4 is 0 Å². The number of ether oxygens (including phenoxy) is 1. The van der Waals surface area contributed by atoms with E-state index >= 15 is 0 Å². The molecular formula is C110H177N3O2. The van der Waals surface area contributed by atoms with Crippen molar-refractivity contribution in [1.82, 2.24) is 15.0 Å². The van der Waals surface area contributed by atoms with E-state index in [2.05, 4.69) is 257 Å². The first-order valence-corrected chi connectivity index (χ1v) is 43.2. The molecule has 0 N–H and O–H groups in total. The Balaban J connectivity index is -0.000000200. The van der Waals surface area contributed by atoms with Gasteiger partial charge in [0.1, 0.15) is 24.6 Å². The van der Waals surface area contributed by atoms with Crippen molar-refractivity contribution in [2.24, 2.45) is 0 Å². The minimum Gasteiger partial charge on any atom is -0.451 e. The summed E-state index contributed by atoms with van der Waals surface area (Å²) in [5, 5.41) is 0. The van der Waals surface area contributed by atoms with Gasteiger partial charge in [-0.3, -0.25) is 0 Å². The Morgan fingerprint density at radius 2 is 0.443 bits per heavy atom. The number of hydrogen-bond acceptors (Lipinski definition) is 5. The third-order valence-electron chi connectivity index (χ3n) is 18.0. The third-order valence-corrected chi connectivity index (χ3v) is 18.0. The fourth-order valence-electron chi connectivity index (χ4n) is 13.6. The average Bonchev–Trinajstić information content (AvgIpc) is 1.49. The molecule has 0 radical (unpaired) electrons. The number of rotatable bonds is 2. The molecule has 15 rings (SSSR count). The van der Waals surface area contributed by atoms with Gasteiger partial charge in [0.25, 0.3) is 0 Å². The highest BCUT2D eigenvalue weighted by atomic mass is 16.6. The van der Waals surface area contributed by atoms with Crippen molar-refractivity contribution in [2.75, 3.05) is 0 Å². The van der Waals surface area contributed by atoms with Crippen LogP contribution in [0.1, 0.15) is 396 Å². The Hall–Kier alpha value is -8.54. The number of hydrogen-bond donors (Lipinski definition) is 0. The van der Waals surface area contributed by atoms with Crippen LogP contribution in [0.2, 0.25) is 0 Å². The van der Waals surface area contributed by atoms with Gasteiger partial charge in [-0.2, -0.15) is 0 Å². The molecule has 5 aliphatic rings. The van der Waals surface area contributed by atoms with Gasteiger partial charge in [0.2, 0.25) is 0 Å². The van der Waals surface area contributed by atoms with Crippen LogP contribution in [0.15, 0.2) is 225 Å². The standard InChI is InChI=1S/C33H30.C15H14.C12H18.C10H10O2.C6H6.C3H3N3.C3H8.12C2H6.4CH4/c1-31(2)22-16-10-7-13-19(22)25-28(31)26-20-14-8-11-17-23(20)32(3,4)30(26)27-21-15-9-12-18-24(21)33(5,6)29(25)27;1-15(2)13-9-5-3-7-11(13)12-8-4-6-10-14(12)15;1-9(2)11-5-7-12(8-6-11)10(3)4;1-10(2)8-6-4-3-5-7(8)9(11)12-10;1-2-4-6-5-3-1;1-4-2-6-3-5-1;1-3-2;12*1-2;;;;/h7-18H,1-6H3;3-10H,1-2H3;5-10H,1-4H3;3-6H,1-2H3;1-6H;1-3H;3H2,1-2H3;12*1-2H3;4*1H4. The molecule has 5 heteroatoms. The van der Waals surface area contributed by atoms with Gasteiger partial charge in [-0.25, -0.2) is 19.7 Å². The van der Waals surface area contributed by atoms with E-state index in [1.54, 1.807) is 6.07 Å². The van der Waals surface area contributed by atoms with E-state index in [0.29, 0.717) is 17.4 Å². The molecule has 1 aliphatic heterocycles. The second-order valence-corrected chi connectivity index (χ2v) is 26.6. The maximum absolute atomic E-state index is 11.3. The zero-order valence-corrected chi connectivity index (χ0v) is 78.4. The number of aromatic nitrogens is 3. The zero-order valence-electron chi connectivity index (χ0n) is 78.4. The maximum Gasteiger partial charge on any atom is 0.339 e. The van der Waals surface area contributed by atoms with Crippen LogP contribution in [0.4, 0.5) is 0 Å². The van der Waals surface area contributed by atoms with Crippen molar-refractivity contribution >= 4 is 5.97 Å². The fraction of sp³-hybridized carbons (Fsp3) is 0.473. The first kappa shape index (κ1) is 122. The Labute approximate surface area is 714 Å². The summed E-state index contributed by atoms with van der Waals surface area (Å²) in [6.45, 7) is 84.2. The van der Waals surface area contributed by atoms with Gasteiger partial charge in [0, 0.05) is 27.2 Å². The molecule has 0 amide bonds. The van der Waals surface area contributed by atoms with Crippen LogP contribution in [0.25, 0.3) is 44.5 Å². The SMILES string of the molecule is C.C.C.C.CC.CC.CC.CC.CC.CC.CC.CC.CC.CC.CC.CC.CC(C)c1ccc(C(C)C)cc1.CC1(C)OC(=O)c2ccccc21.CC1(C)c2ccccc2-c2c1c1c(c3c2C(C)(C)c2ccccc2-3)C(C)(C)c2ccccc2-1.CC1(C)c2ccccc2-c2ccccc21.CCC.c1ccccc1.c1ncncn1. The molecule has 5 nitrogen and oxygen atoms in total. The van der Waals surface area contributed by atoms with Crippen molar-refractivity contribution in [3.63, 3.8) is 0 Å². The summed E-state index contributed by atoms with van der Waals surface area (Å²) in [5.41, 5.74) is 27.6. The van der Waals surface area contributed by atoms with Crippen molar-refractivity contribution in [3.05, 3.63) is 292 Å². The van der Waals surface area contributed by atoms with Gasteiger partial charge in [0.05, 0.1) is 5.56 Å². The lowest BCUT2D eigenvalue weighted by Gasteiger charge is -2.31. The van der Waals surface area contributed by atoms with Crippen LogP contribution in [0.5, 0.6) is 0 Å². The highest BCUT2D eigenvalue weighted by Gasteiger charge is 2.52. The molecule has 115 heavy (non-hydrogen) atoms. The number of carbonyl (C=O) groups is 1. The lowest BCUT2D eigenvalue weighted by atomic mass is 9.71. The number of carbonyl (C=O) groups excluding carboxylic acids is 1. The Bertz CT molecular complexity index is 3630. The largest absolute Gasteiger partial charge is 0.451 e. The Morgan fingerprint density at radius 1 is 0.261 bits per heavy atom. The van der Waals surface area contributed by atoms with Crippen molar-refractivity contribution in [2.45, 2.75) is 352 Å². The van der Waals surface area contributed by atoms with E-state index in [4.69, 9.17) is 4.74 Å². The van der Waals surface area contributed by atoms with E-state index in [1.807, 2.05) is 235 Å². The summed E-state index contributed by atoms with van der Waals surface area (Å²) >= 11 is 0. The van der Waals surface area contributed by atoms with Gasteiger partial charge >= 0.3 is 5.97 Å². The number of esters is 1. The number of fused-ring (bicyclic) bond motifs is 16. The monoisotopic (exact) mass is 1570 g/mol. The van der Waals surface area contributed by atoms with Crippen LogP contribution in [-0.2, 0) is 32.0 Å². The van der Waals surface area contributed by atoms with Gasteiger partial charge in [-0.1, -0.05) is 499 Å². The fourth-order valence-corrected chi connectivity index (χ4v) is 13.6. The molecule has 4 aliphatic carbocycles. The number of benzene rings is 9. The molecule has 0 fully saturated rings. The van der Waals surface area contributed by atoms with Gasteiger partial charge in [-0.05, 0) is 132 Å². The van der Waals surface area contributed by atoms with Crippen molar-refractivity contribution in [1.29, 1.82) is 0 Å². The molecule has 0 bridgehead atoms. The molecule has 9 aromatic carbocycles. The van der Waals surface area contributed by atoms with E-state index in [0.717, 1.165) is 5.56 Å². The van der Waals surface area contributed by atoms with Crippen LogP contribution in [0.3, 0.4) is 0 Å². The molecule has 0 unspecified atom stereocenters. The van der Waals surface area contributed by atoms with Gasteiger partial charge < -0.3 is 4.74 Å². The summed E-state index contributed by atoms with van der Waals surface area (Å²) in [7, 11) is 0. The highest BCUT2D eigenvalue weighted by Crippen LogP contribution is 2.67. The molecule has 10 aromatic rings. The van der Waals surface area contributed by atoms with Crippen LogP contribution in [0, 0.1) is 0 Å². The first-order valence-electron chi connectivity index (χ1n) is 43.2. The Morgan fingerprint density at radius 3 is 0.643 bits per heavy atom. The summed E-state index contributed by atoms with van der Waals surface area (Å²) in [4.78, 5) is 21.9. The zero-order chi connectivity index (χ0) is 86.5. The van der Waals surface area contributed by atoms with E-state index in [-0.39, 0.29) is 57.3 Å². The number of nitrogens with zero attached hydrogens (tertiary/aromatic N) is 3. The molecular weight excluding hydrogens is 1400 g/mol. The third kappa shape index (κ3) is 31.1. The van der Waals surface area contributed by atoms with E-state index < -0.39 is 5.60 Å². The van der Waals surface area contributed by atoms with Gasteiger partial charge in [-0.15, -0.1) is 0 Å². The minimum absolute atomic E-state index is 0. The molecule has 0 atom stereocenters. The van der Waals surface area contributed by atoms with Gasteiger partial charge in [0.15, 0.2) is 0 Å². The second-order valence-electron chi connectivity index (χ2n) is 26.6. The summed E-state index contributed by atoms with van der Waals surface area (Å²) in [6.07, 6.45) is 5.56. The van der Waals surface area contributed by atoms with Crippen molar-refractivity contribution < 1.29 is 9.53 Å². The summed E-state index contributed by atoms with van der Waals surface area (Å²) < 4.78 is 5.18.